The lowest BCUT2D eigenvalue weighted by Gasteiger charge is -1.99. The van der Waals surface area contributed by atoms with Crippen molar-refractivity contribution in [1.29, 1.82) is 0 Å². The molecule has 1 aliphatic heterocycles. The Morgan fingerprint density at radius 3 is 2.91 bits per heavy atom. The van der Waals surface area contributed by atoms with Crippen LogP contribution in [0.5, 0.6) is 5.75 Å². The minimum Gasteiger partial charge on any atom is -0.490 e. The molecule has 0 spiro atoms. The molecular formula is C8H6F2O. The van der Waals surface area contributed by atoms with Gasteiger partial charge in [0.15, 0.2) is 11.6 Å². The third-order valence-electron chi connectivity index (χ3n) is 1.75. The van der Waals surface area contributed by atoms with E-state index in [4.69, 9.17) is 4.74 Å². The topological polar surface area (TPSA) is 9.23 Å². The SMILES string of the molecule is Fc1ccc2c(c1F)OCC2. The van der Waals surface area contributed by atoms with E-state index in [1.807, 2.05) is 0 Å². The van der Waals surface area contributed by atoms with Crippen LogP contribution in [0.15, 0.2) is 12.1 Å². The molecule has 0 unspecified atom stereocenters. The van der Waals surface area contributed by atoms with Crippen LogP contribution in [0.1, 0.15) is 5.56 Å². The molecule has 58 valence electrons. The van der Waals surface area contributed by atoms with Crippen LogP contribution in [0.3, 0.4) is 0 Å². The normalized spacial score (nSPS) is 14.4. The Labute approximate surface area is 62.6 Å². The van der Waals surface area contributed by atoms with E-state index in [1.54, 1.807) is 6.07 Å². The van der Waals surface area contributed by atoms with Crippen LogP contribution in [0.2, 0.25) is 0 Å². The lowest BCUT2D eigenvalue weighted by molar-refractivity contribution is 0.332. The van der Waals surface area contributed by atoms with Gasteiger partial charge in [0, 0.05) is 12.0 Å². The molecule has 1 aromatic carbocycles. The van der Waals surface area contributed by atoms with Crippen molar-refractivity contribution >= 4 is 0 Å². The first kappa shape index (κ1) is 6.58. The lowest BCUT2D eigenvalue weighted by Crippen LogP contribution is -1.90. The number of halogens is 2. The second-order valence-electron chi connectivity index (χ2n) is 2.45. The number of hydrogen-bond donors (Lipinski definition) is 0. The molecule has 0 atom stereocenters. The highest BCUT2D eigenvalue weighted by Gasteiger charge is 2.19. The molecular weight excluding hydrogens is 150 g/mol. The average molecular weight is 156 g/mol. The van der Waals surface area contributed by atoms with E-state index in [-0.39, 0.29) is 5.75 Å². The van der Waals surface area contributed by atoms with Gasteiger partial charge >= 0.3 is 0 Å². The Hall–Kier alpha value is -1.12. The first-order chi connectivity index (χ1) is 5.29. The predicted molar refractivity (Wildman–Crippen MR) is 35.6 cm³/mol. The molecule has 11 heavy (non-hydrogen) atoms. The zero-order chi connectivity index (χ0) is 7.84. The summed E-state index contributed by atoms with van der Waals surface area (Å²) in [7, 11) is 0. The molecule has 1 nitrogen and oxygen atoms in total. The molecule has 0 aromatic heterocycles. The van der Waals surface area contributed by atoms with E-state index in [1.165, 1.54) is 0 Å². The molecule has 0 fully saturated rings. The number of rotatable bonds is 0. The van der Waals surface area contributed by atoms with Crippen molar-refractivity contribution in [2.45, 2.75) is 6.42 Å². The molecule has 0 amide bonds. The molecule has 0 aliphatic carbocycles. The van der Waals surface area contributed by atoms with Crippen molar-refractivity contribution in [1.82, 2.24) is 0 Å². The molecule has 0 saturated heterocycles. The van der Waals surface area contributed by atoms with E-state index in [0.29, 0.717) is 13.0 Å². The summed E-state index contributed by atoms with van der Waals surface area (Å²) in [4.78, 5) is 0. The summed E-state index contributed by atoms with van der Waals surface area (Å²) in [6.07, 6.45) is 0.673. The summed E-state index contributed by atoms with van der Waals surface area (Å²) in [5.41, 5.74) is 0.754. The fourth-order valence-corrected chi connectivity index (χ4v) is 1.19. The second-order valence-corrected chi connectivity index (χ2v) is 2.45. The summed E-state index contributed by atoms with van der Waals surface area (Å²) >= 11 is 0. The Kier molecular flexibility index (Phi) is 1.31. The summed E-state index contributed by atoms with van der Waals surface area (Å²) in [5.74, 6) is -1.62. The highest BCUT2D eigenvalue weighted by Crippen LogP contribution is 2.29. The number of ether oxygens (including phenoxy) is 1. The van der Waals surface area contributed by atoms with Gasteiger partial charge in [-0.3, -0.25) is 0 Å². The highest BCUT2D eigenvalue weighted by molar-refractivity contribution is 5.38. The van der Waals surface area contributed by atoms with Gasteiger partial charge in [0.25, 0.3) is 0 Å². The van der Waals surface area contributed by atoms with Crippen molar-refractivity contribution in [2.75, 3.05) is 6.61 Å². The van der Waals surface area contributed by atoms with Gasteiger partial charge in [-0.1, -0.05) is 6.07 Å². The summed E-state index contributed by atoms with van der Waals surface area (Å²) in [6, 6.07) is 2.68. The Bertz CT molecular complexity index is 296. The van der Waals surface area contributed by atoms with Gasteiger partial charge in [0.05, 0.1) is 6.61 Å². The van der Waals surface area contributed by atoms with Crippen molar-refractivity contribution in [3.63, 3.8) is 0 Å². The quantitative estimate of drug-likeness (QED) is 0.557. The van der Waals surface area contributed by atoms with Gasteiger partial charge in [-0.15, -0.1) is 0 Å². The first-order valence-electron chi connectivity index (χ1n) is 3.39. The van der Waals surface area contributed by atoms with Gasteiger partial charge in [0.2, 0.25) is 5.82 Å². The van der Waals surface area contributed by atoms with Crippen LogP contribution in [-0.4, -0.2) is 6.61 Å². The minimum absolute atomic E-state index is 0.0880. The van der Waals surface area contributed by atoms with Gasteiger partial charge in [-0.25, -0.2) is 4.39 Å². The fourth-order valence-electron chi connectivity index (χ4n) is 1.19. The summed E-state index contributed by atoms with van der Waals surface area (Å²) in [5, 5.41) is 0. The van der Waals surface area contributed by atoms with Crippen molar-refractivity contribution in [2.24, 2.45) is 0 Å². The van der Waals surface area contributed by atoms with Gasteiger partial charge < -0.3 is 4.74 Å². The Morgan fingerprint density at radius 1 is 1.27 bits per heavy atom. The zero-order valence-electron chi connectivity index (χ0n) is 5.73. The molecule has 0 N–H and O–H groups in total. The number of hydrogen-bond acceptors (Lipinski definition) is 1. The maximum absolute atomic E-state index is 12.8. The van der Waals surface area contributed by atoms with Gasteiger partial charge in [0.1, 0.15) is 0 Å². The molecule has 0 radical (unpaired) electrons. The average Bonchev–Trinajstić information content (AvgIpc) is 2.45. The maximum Gasteiger partial charge on any atom is 0.200 e. The van der Waals surface area contributed by atoms with Crippen LogP contribution in [0.4, 0.5) is 8.78 Å². The van der Waals surface area contributed by atoms with Gasteiger partial charge in [-0.05, 0) is 6.07 Å². The third kappa shape index (κ3) is 0.878. The predicted octanol–water partition coefficient (Wildman–Crippen LogP) is 1.90. The third-order valence-corrected chi connectivity index (χ3v) is 1.75. The highest BCUT2D eigenvalue weighted by atomic mass is 19.2. The van der Waals surface area contributed by atoms with Crippen molar-refractivity contribution in [3.05, 3.63) is 29.3 Å². The molecule has 0 saturated carbocycles. The smallest absolute Gasteiger partial charge is 0.200 e. The van der Waals surface area contributed by atoms with E-state index < -0.39 is 11.6 Å². The van der Waals surface area contributed by atoms with E-state index >= 15 is 0 Å². The van der Waals surface area contributed by atoms with E-state index in [0.717, 1.165) is 11.6 Å². The first-order valence-corrected chi connectivity index (χ1v) is 3.39. The minimum atomic E-state index is -0.861. The molecule has 1 aromatic rings. The van der Waals surface area contributed by atoms with E-state index in [2.05, 4.69) is 0 Å². The molecule has 0 bridgehead atoms. The molecule has 1 aliphatic rings. The Morgan fingerprint density at radius 2 is 2.09 bits per heavy atom. The van der Waals surface area contributed by atoms with Crippen LogP contribution < -0.4 is 4.74 Å². The molecule has 3 heteroatoms. The maximum atomic E-state index is 12.8. The summed E-state index contributed by atoms with van der Waals surface area (Å²) < 4.78 is 30.2. The van der Waals surface area contributed by atoms with Crippen molar-refractivity contribution < 1.29 is 13.5 Å². The van der Waals surface area contributed by atoms with Gasteiger partial charge in [-0.2, -0.15) is 4.39 Å². The van der Waals surface area contributed by atoms with Crippen LogP contribution >= 0.6 is 0 Å². The molecule has 1 heterocycles. The van der Waals surface area contributed by atoms with Crippen molar-refractivity contribution in [3.8, 4) is 5.75 Å². The second kappa shape index (κ2) is 2.19. The lowest BCUT2D eigenvalue weighted by atomic mass is 10.1. The molecule has 2 rings (SSSR count). The zero-order valence-corrected chi connectivity index (χ0v) is 5.73. The fraction of sp³-hybridized carbons (Fsp3) is 0.250. The van der Waals surface area contributed by atoms with E-state index in [9.17, 15) is 8.78 Å². The van der Waals surface area contributed by atoms with Crippen LogP contribution in [-0.2, 0) is 6.42 Å². The summed E-state index contributed by atoms with van der Waals surface area (Å²) in [6.45, 7) is 0.454. The standard InChI is InChI=1S/C8H6F2O/c9-6-2-1-5-3-4-11-8(5)7(6)10/h1-2H,3-4H2. The number of fused-ring (bicyclic) bond motifs is 1. The van der Waals surface area contributed by atoms with Crippen LogP contribution in [0.25, 0.3) is 0 Å². The largest absolute Gasteiger partial charge is 0.490 e. The monoisotopic (exact) mass is 156 g/mol. The Balaban J connectivity index is 2.62. The number of benzene rings is 1. The van der Waals surface area contributed by atoms with Crippen LogP contribution in [0, 0.1) is 11.6 Å².